The van der Waals surface area contributed by atoms with Crippen molar-refractivity contribution in [3.05, 3.63) is 58.9 Å². The molecule has 2 aliphatic rings. The SMILES string of the molecule is CCC[Si@H]1CC[C@H](CC[C@H]2CC[C@H](c3cc(F)c(-c4cc(F)c(F)c(F)c4)c(F)c3)CC2)CC1. The predicted molar refractivity (Wildman–Crippen MR) is 130 cm³/mol. The molecule has 1 saturated carbocycles. The highest BCUT2D eigenvalue weighted by Crippen LogP contribution is 2.41. The molecule has 2 aromatic carbocycles. The molecule has 1 aliphatic carbocycles. The third-order valence-corrected chi connectivity index (χ3v) is 12.0. The standard InChI is InChI=1S/C28H35F5Si/c1-2-11-34-12-9-19(10-13-34)4-3-18-5-7-20(8-6-18)21-14-23(29)27(24(30)15-21)22-16-25(31)28(33)26(32)17-22/h14-20,34H,2-13H2,1H3/t18-,19-,20-,34-. The minimum absolute atomic E-state index is 0.0893. The van der Waals surface area contributed by atoms with Gasteiger partial charge >= 0.3 is 0 Å². The molecular formula is C28H35F5Si. The largest absolute Gasteiger partial charge is 0.206 e. The van der Waals surface area contributed by atoms with Crippen LogP contribution in [0.5, 0.6) is 0 Å². The smallest absolute Gasteiger partial charge is 0.194 e. The van der Waals surface area contributed by atoms with E-state index in [9.17, 15) is 22.0 Å². The molecule has 6 heteroatoms. The third kappa shape index (κ3) is 5.92. The van der Waals surface area contributed by atoms with E-state index in [1.807, 2.05) is 0 Å². The monoisotopic (exact) mass is 494 g/mol. The van der Waals surface area contributed by atoms with Gasteiger partial charge in [0.05, 0.1) is 5.56 Å². The topological polar surface area (TPSA) is 0 Å². The van der Waals surface area contributed by atoms with Crippen LogP contribution in [0.2, 0.25) is 18.1 Å². The predicted octanol–water partition coefficient (Wildman–Crippen LogP) is 9.15. The van der Waals surface area contributed by atoms with Crippen molar-refractivity contribution < 1.29 is 22.0 Å². The van der Waals surface area contributed by atoms with Crippen molar-refractivity contribution in [3.63, 3.8) is 0 Å². The van der Waals surface area contributed by atoms with Gasteiger partial charge in [-0.1, -0.05) is 57.2 Å². The van der Waals surface area contributed by atoms with Crippen LogP contribution in [0.1, 0.15) is 76.2 Å². The van der Waals surface area contributed by atoms with Gasteiger partial charge in [-0.3, -0.25) is 0 Å². The van der Waals surface area contributed by atoms with E-state index in [1.54, 1.807) is 0 Å². The first-order chi connectivity index (χ1) is 16.4. The highest BCUT2D eigenvalue weighted by Gasteiger charge is 2.27. The van der Waals surface area contributed by atoms with E-state index in [-0.39, 0.29) is 11.5 Å². The Morgan fingerprint density at radius 2 is 1.24 bits per heavy atom. The van der Waals surface area contributed by atoms with Crippen LogP contribution in [0, 0.1) is 40.9 Å². The summed E-state index contributed by atoms with van der Waals surface area (Å²) in [6.45, 7) is 2.31. The molecular weight excluding hydrogens is 459 g/mol. The van der Waals surface area contributed by atoms with E-state index < -0.39 is 43.4 Å². The average molecular weight is 495 g/mol. The zero-order valence-corrected chi connectivity index (χ0v) is 21.1. The molecule has 1 saturated heterocycles. The molecule has 0 spiro atoms. The lowest BCUT2D eigenvalue weighted by atomic mass is 9.76. The first-order valence-electron chi connectivity index (χ1n) is 13.0. The maximum Gasteiger partial charge on any atom is 0.194 e. The molecule has 2 fully saturated rings. The Labute approximate surface area is 201 Å². The Kier molecular flexibility index (Phi) is 8.49. The Hall–Kier alpha value is -1.69. The van der Waals surface area contributed by atoms with Crippen LogP contribution < -0.4 is 0 Å². The third-order valence-electron chi connectivity index (χ3n) is 8.30. The molecule has 34 heavy (non-hydrogen) atoms. The maximum absolute atomic E-state index is 14.8. The summed E-state index contributed by atoms with van der Waals surface area (Å²) >= 11 is 0. The number of halogens is 5. The summed E-state index contributed by atoms with van der Waals surface area (Å²) in [6, 6.07) is 8.37. The van der Waals surface area contributed by atoms with Crippen LogP contribution in [0.3, 0.4) is 0 Å². The van der Waals surface area contributed by atoms with Crippen LogP contribution in [-0.4, -0.2) is 8.80 Å². The highest BCUT2D eigenvalue weighted by molar-refractivity contribution is 6.58. The molecule has 0 bridgehead atoms. The van der Waals surface area contributed by atoms with Gasteiger partial charge in [0, 0.05) is 8.80 Å². The van der Waals surface area contributed by atoms with Gasteiger partial charge in [0.1, 0.15) is 11.6 Å². The molecule has 0 amide bonds. The number of rotatable bonds is 7. The van der Waals surface area contributed by atoms with Gasteiger partial charge in [-0.25, -0.2) is 22.0 Å². The Bertz CT molecular complexity index is 929. The van der Waals surface area contributed by atoms with Gasteiger partial charge in [0.15, 0.2) is 17.5 Å². The summed E-state index contributed by atoms with van der Waals surface area (Å²) in [4.78, 5) is 0. The van der Waals surface area contributed by atoms with Crippen LogP contribution in [0.4, 0.5) is 22.0 Å². The van der Waals surface area contributed by atoms with Crippen LogP contribution in [0.15, 0.2) is 24.3 Å². The zero-order chi connectivity index (χ0) is 24.2. The molecule has 0 nitrogen and oxygen atoms in total. The molecule has 0 radical (unpaired) electrons. The number of hydrogen-bond acceptors (Lipinski definition) is 0. The molecule has 1 heterocycles. The van der Waals surface area contributed by atoms with Crippen molar-refractivity contribution in [1.82, 2.24) is 0 Å². The lowest BCUT2D eigenvalue weighted by Gasteiger charge is -2.32. The normalized spacial score (nSPS) is 25.5. The van der Waals surface area contributed by atoms with Crippen molar-refractivity contribution in [3.8, 4) is 11.1 Å². The molecule has 0 N–H and O–H groups in total. The first kappa shape index (κ1) is 25.4. The fourth-order valence-corrected chi connectivity index (χ4v) is 9.85. The van der Waals surface area contributed by atoms with Gasteiger partial charge in [-0.05, 0) is 78.8 Å². The lowest BCUT2D eigenvalue weighted by Crippen LogP contribution is -2.22. The summed E-state index contributed by atoms with van der Waals surface area (Å²) in [5, 5.41) is 0. The van der Waals surface area contributed by atoms with E-state index >= 15 is 0 Å². The average Bonchev–Trinajstić information content (AvgIpc) is 2.82. The Morgan fingerprint density at radius 1 is 0.706 bits per heavy atom. The van der Waals surface area contributed by atoms with Crippen molar-refractivity contribution in [2.45, 2.75) is 88.8 Å². The zero-order valence-electron chi connectivity index (χ0n) is 20.0. The fourth-order valence-electron chi connectivity index (χ4n) is 6.28. The Morgan fingerprint density at radius 3 is 1.76 bits per heavy atom. The van der Waals surface area contributed by atoms with Crippen LogP contribution in [-0.2, 0) is 0 Å². The Balaban J connectivity index is 1.32. The fraction of sp³-hybridized carbons (Fsp3) is 0.571. The highest BCUT2D eigenvalue weighted by atomic mass is 28.3. The second-order valence-electron chi connectivity index (χ2n) is 10.6. The van der Waals surface area contributed by atoms with E-state index in [0.29, 0.717) is 23.6 Å². The minimum atomic E-state index is -1.65. The lowest BCUT2D eigenvalue weighted by molar-refractivity contribution is 0.279. The maximum atomic E-state index is 14.8. The molecule has 0 unspecified atom stereocenters. The molecule has 186 valence electrons. The molecule has 1 aliphatic heterocycles. The van der Waals surface area contributed by atoms with Gasteiger partial charge in [-0.2, -0.15) is 0 Å². The van der Waals surface area contributed by atoms with E-state index in [2.05, 4.69) is 6.92 Å². The molecule has 0 aromatic heterocycles. The van der Waals surface area contributed by atoms with Crippen molar-refractivity contribution in [2.75, 3.05) is 0 Å². The molecule has 0 atom stereocenters. The summed E-state index contributed by atoms with van der Waals surface area (Å²) in [7, 11) is -0.422. The van der Waals surface area contributed by atoms with E-state index in [4.69, 9.17) is 0 Å². The molecule has 2 aromatic rings. The van der Waals surface area contributed by atoms with Crippen LogP contribution in [0.25, 0.3) is 11.1 Å². The van der Waals surface area contributed by atoms with Gasteiger partial charge in [0.2, 0.25) is 0 Å². The number of hydrogen-bond donors (Lipinski definition) is 0. The summed E-state index contributed by atoms with van der Waals surface area (Å²) in [5.74, 6) is -4.64. The number of benzene rings is 2. The van der Waals surface area contributed by atoms with E-state index in [0.717, 1.165) is 31.6 Å². The van der Waals surface area contributed by atoms with Gasteiger partial charge in [0.25, 0.3) is 0 Å². The van der Waals surface area contributed by atoms with Crippen molar-refractivity contribution in [1.29, 1.82) is 0 Å². The van der Waals surface area contributed by atoms with Crippen molar-refractivity contribution in [2.24, 2.45) is 11.8 Å². The second-order valence-corrected chi connectivity index (χ2v) is 14.0. The van der Waals surface area contributed by atoms with Gasteiger partial charge in [-0.15, -0.1) is 0 Å². The minimum Gasteiger partial charge on any atom is -0.206 e. The van der Waals surface area contributed by atoms with Crippen LogP contribution >= 0.6 is 0 Å². The van der Waals surface area contributed by atoms with E-state index in [1.165, 1.54) is 62.4 Å². The quantitative estimate of drug-likeness (QED) is 0.204. The second kappa shape index (κ2) is 11.4. The van der Waals surface area contributed by atoms with Crippen molar-refractivity contribution >= 4 is 8.80 Å². The van der Waals surface area contributed by atoms with Gasteiger partial charge < -0.3 is 0 Å². The summed E-state index contributed by atoms with van der Waals surface area (Å²) in [5.41, 5.74) is -0.264. The molecule has 4 rings (SSSR count). The first-order valence-corrected chi connectivity index (χ1v) is 15.4. The summed E-state index contributed by atoms with van der Waals surface area (Å²) < 4.78 is 70.0. The summed E-state index contributed by atoms with van der Waals surface area (Å²) in [6.07, 6.45) is 10.8.